The zero-order valence-electron chi connectivity index (χ0n) is 18.8. The Morgan fingerprint density at radius 3 is 2.39 bits per heavy atom. The number of rotatable bonds is 7. The summed E-state index contributed by atoms with van der Waals surface area (Å²) >= 11 is 6.08. The van der Waals surface area contributed by atoms with Crippen LogP contribution in [0.1, 0.15) is 30.9 Å². The summed E-state index contributed by atoms with van der Waals surface area (Å²) in [7, 11) is 3.13. The van der Waals surface area contributed by atoms with Crippen molar-refractivity contribution in [3.63, 3.8) is 0 Å². The van der Waals surface area contributed by atoms with E-state index in [9.17, 15) is 18.0 Å². The van der Waals surface area contributed by atoms with Gasteiger partial charge in [0, 0.05) is 38.3 Å². The molecule has 0 aliphatic carbocycles. The highest BCUT2D eigenvalue weighted by atomic mass is 35.5. The average Bonchev–Trinajstić information content (AvgIpc) is 2.81. The van der Waals surface area contributed by atoms with Gasteiger partial charge in [0.15, 0.2) is 11.5 Å². The Labute approximate surface area is 196 Å². The third-order valence-corrected chi connectivity index (χ3v) is 6.09. The van der Waals surface area contributed by atoms with E-state index in [2.05, 4.69) is 4.98 Å². The third kappa shape index (κ3) is 5.82. The number of anilines is 1. The molecule has 0 bridgehead atoms. The van der Waals surface area contributed by atoms with E-state index in [0.29, 0.717) is 56.3 Å². The van der Waals surface area contributed by atoms with Crippen LogP contribution in [0.5, 0.6) is 11.5 Å². The van der Waals surface area contributed by atoms with Crippen LogP contribution in [-0.4, -0.2) is 49.6 Å². The topological polar surface area (TPSA) is 54.9 Å². The Balaban J connectivity index is 1.63. The third-order valence-electron chi connectivity index (χ3n) is 5.81. The number of halogens is 4. The molecule has 1 saturated heterocycles. The lowest BCUT2D eigenvalue weighted by atomic mass is 9.95. The highest BCUT2D eigenvalue weighted by molar-refractivity contribution is 6.33. The SMILES string of the molecule is CCN(Cc1ccc(OC)c(OC)c1)C(=O)C1CCN(c2ncc(C(F)(F)F)cc2Cl)CC1. The molecule has 0 unspecified atom stereocenters. The number of carbonyl (C=O) groups excluding carboxylic acids is 1. The lowest BCUT2D eigenvalue weighted by Crippen LogP contribution is -2.42. The molecule has 0 radical (unpaired) electrons. The van der Waals surface area contributed by atoms with Crippen molar-refractivity contribution < 1.29 is 27.4 Å². The minimum absolute atomic E-state index is 0.0433. The lowest BCUT2D eigenvalue weighted by molar-refractivity contribution is -0.138. The van der Waals surface area contributed by atoms with E-state index >= 15 is 0 Å². The predicted octanol–water partition coefficient (Wildman–Crippen LogP) is 5.04. The van der Waals surface area contributed by atoms with Crippen LogP contribution in [0.15, 0.2) is 30.5 Å². The molecule has 1 aliphatic heterocycles. The maximum Gasteiger partial charge on any atom is 0.417 e. The first-order valence-electron chi connectivity index (χ1n) is 10.6. The molecule has 10 heteroatoms. The molecular weight excluding hydrogens is 459 g/mol. The van der Waals surface area contributed by atoms with Crippen LogP contribution >= 0.6 is 11.6 Å². The van der Waals surface area contributed by atoms with Gasteiger partial charge < -0.3 is 19.3 Å². The number of hydrogen-bond donors (Lipinski definition) is 0. The number of amides is 1. The van der Waals surface area contributed by atoms with Crippen LogP contribution in [-0.2, 0) is 17.5 Å². The van der Waals surface area contributed by atoms with Gasteiger partial charge in [0.2, 0.25) is 5.91 Å². The monoisotopic (exact) mass is 485 g/mol. The van der Waals surface area contributed by atoms with E-state index in [-0.39, 0.29) is 16.8 Å². The molecule has 0 atom stereocenters. The van der Waals surface area contributed by atoms with Crippen molar-refractivity contribution in [2.45, 2.75) is 32.5 Å². The van der Waals surface area contributed by atoms with Crippen molar-refractivity contribution in [2.24, 2.45) is 5.92 Å². The number of methoxy groups -OCH3 is 2. The molecule has 1 fully saturated rings. The molecule has 180 valence electrons. The van der Waals surface area contributed by atoms with Crippen molar-refractivity contribution >= 4 is 23.3 Å². The molecule has 0 saturated carbocycles. The normalized spacial score (nSPS) is 14.8. The molecule has 0 N–H and O–H groups in total. The van der Waals surface area contributed by atoms with Gasteiger partial charge in [0.25, 0.3) is 0 Å². The van der Waals surface area contributed by atoms with Gasteiger partial charge in [0.05, 0.1) is 24.8 Å². The first-order valence-corrected chi connectivity index (χ1v) is 11.0. The van der Waals surface area contributed by atoms with E-state index in [1.807, 2.05) is 30.0 Å². The molecular formula is C23H27ClF3N3O3. The van der Waals surface area contributed by atoms with Crippen LogP contribution in [0.4, 0.5) is 19.0 Å². The zero-order chi connectivity index (χ0) is 24.2. The number of piperidine rings is 1. The van der Waals surface area contributed by atoms with Crippen LogP contribution < -0.4 is 14.4 Å². The van der Waals surface area contributed by atoms with Crippen molar-refractivity contribution in [2.75, 3.05) is 38.8 Å². The summed E-state index contributed by atoms with van der Waals surface area (Å²) in [6.45, 7) is 3.91. The van der Waals surface area contributed by atoms with E-state index in [1.54, 1.807) is 19.1 Å². The smallest absolute Gasteiger partial charge is 0.417 e. The van der Waals surface area contributed by atoms with Gasteiger partial charge in [0.1, 0.15) is 5.82 Å². The second kappa shape index (κ2) is 10.5. The second-order valence-corrected chi connectivity index (χ2v) is 8.24. The van der Waals surface area contributed by atoms with Gasteiger partial charge in [-0.15, -0.1) is 0 Å². The van der Waals surface area contributed by atoms with Gasteiger partial charge >= 0.3 is 6.18 Å². The summed E-state index contributed by atoms with van der Waals surface area (Å²) in [5.74, 6) is 1.42. The van der Waals surface area contributed by atoms with E-state index in [1.165, 1.54) is 0 Å². The molecule has 3 rings (SSSR count). The zero-order valence-corrected chi connectivity index (χ0v) is 19.5. The molecule has 1 amide bonds. The number of pyridine rings is 1. The van der Waals surface area contributed by atoms with Gasteiger partial charge in [-0.3, -0.25) is 4.79 Å². The summed E-state index contributed by atoms with van der Waals surface area (Å²) in [5, 5.41) is -0.0433. The number of alkyl halides is 3. The van der Waals surface area contributed by atoms with Crippen molar-refractivity contribution in [3.8, 4) is 11.5 Å². The Morgan fingerprint density at radius 2 is 1.85 bits per heavy atom. The van der Waals surface area contributed by atoms with Crippen molar-refractivity contribution in [1.82, 2.24) is 9.88 Å². The number of carbonyl (C=O) groups is 1. The van der Waals surface area contributed by atoms with Crippen LogP contribution in [0.25, 0.3) is 0 Å². The summed E-state index contributed by atoms with van der Waals surface area (Å²) in [5.41, 5.74) is 0.0519. The Hall–Kier alpha value is -2.68. The minimum atomic E-state index is -4.49. The molecule has 1 aromatic carbocycles. The standard InChI is InChI=1S/C23H27ClF3N3O3/c1-4-29(14-15-5-6-19(32-2)20(11-15)33-3)22(31)16-7-9-30(10-8-16)21-18(24)12-17(13-28-21)23(25,26)27/h5-6,11-13,16H,4,7-10,14H2,1-3H3. The Morgan fingerprint density at radius 1 is 1.18 bits per heavy atom. The fraction of sp³-hybridized carbons (Fsp3) is 0.478. The maximum atomic E-state index is 13.2. The quantitative estimate of drug-likeness (QED) is 0.550. The predicted molar refractivity (Wildman–Crippen MR) is 120 cm³/mol. The van der Waals surface area contributed by atoms with Gasteiger partial charge in [-0.25, -0.2) is 4.98 Å². The van der Waals surface area contributed by atoms with Crippen LogP contribution in [0.2, 0.25) is 5.02 Å². The largest absolute Gasteiger partial charge is 0.493 e. The summed E-state index contributed by atoms with van der Waals surface area (Å²) in [6.07, 6.45) is -2.56. The second-order valence-electron chi connectivity index (χ2n) is 7.83. The van der Waals surface area contributed by atoms with E-state index in [0.717, 1.165) is 17.8 Å². The van der Waals surface area contributed by atoms with Gasteiger partial charge in [-0.2, -0.15) is 13.2 Å². The number of benzene rings is 1. The first-order chi connectivity index (χ1) is 15.7. The number of hydrogen-bond acceptors (Lipinski definition) is 5. The first kappa shape index (κ1) is 25.0. The molecule has 0 spiro atoms. The highest BCUT2D eigenvalue weighted by Crippen LogP contribution is 2.35. The molecule has 1 aliphatic rings. The van der Waals surface area contributed by atoms with Crippen LogP contribution in [0, 0.1) is 5.92 Å². The molecule has 6 nitrogen and oxygen atoms in total. The van der Waals surface area contributed by atoms with E-state index < -0.39 is 11.7 Å². The number of nitrogens with zero attached hydrogens (tertiary/aromatic N) is 3. The van der Waals surface area contributed by atoms with Gasteiger partial charge in [-0.05, 0) is 43.5 Å². The number of ether oxygens (including phenoxy) is 2. The summed E-state index contributed by atoms with van der Waals surface area (Å²) in [4.78, 5) is 20.7. The molecule has 33 heavy (non-hydrogen) atoms. The maximum absolute atomic E-state index is 13.2. The summed E-state index contributed by atoms with van der Waals surface area (Å²) < 4.78 is 49.2. The van der Waals surface area contributed by atoms with Crippen LogP contribution in [0.3, 0.4) is 0 Å². The minimum Gasteiger partial charge on any atom is -0.493 e. The fourth-order valence-electron chi connectivity index (χ4n) is 3.96. The lowest BCUT2D eigenvalue weighted by Gasteiger charge is -2.35. The number of aromatic nitrogens is 1. The van der Waals surface area contributed by atoms with Crippen molar-refractivity contribution in [3.05, 3.63) is 46.6 Å². The Bertz CT molecular complexity index is 979. The van der Waals surface area contributed by atoms with E-state index in [4.69, 9.17) is 21.1 Å². The average molecular weight is 486 g/mol. The molecule has 1 aromatic heterocycles. The van der Waals surface area contributed by atoms with Crippen molar-refractivity contribution in [1.29, 1.82) is 0 Å². The Kier molecular flexibility index (Phi) is 7.94. The molecule has 2 heterocycles. The highest BCUT2D eigenvalue weighted by Gasteiger charge is 2.33. The van der Waals surface area contributed by atoms with Gasteiger partial charge in [-0.1, -0.05) is 17.7 Å². The molecule has 2 aromatic rings. The fourth-order valence-corrected chi connectivity index (χ4v) is 4.25. The summed E-state index contributed by atoms with van der Waals surface area (Å²) in [6, 6.07) is 6.46.